The van der Waals surface area contributed by atoms with E-state index in [0.29, 0.717) is 24.2 Å². The van der Waals surface area contributed by atoms with Gasteiger partial charge in [-0.25, -0.2) is 0 Å². The summed E-state index contributed by atoms with van der Waals surface area (Å²) in [5.74, 6) is -0.260. The Morgan fingerprint density at radius 2 is 1.47 bits per heavy atom. The number of carbonyl (C=O) groups is 3. The van der Waals surface area contributed by atoms with Crippen LogP contribution in [0.1, 0.15) is 40.1 Å². The van der Waals surface area contributed by atoms with E-state index in [0.717, 1.165) is 25.4 Å². The van der Waals surface area contributed by atoms with Gasteiger partial charge in [-0.1, -0.05) is 38.1 Å². The van der Waals surface area contributed by atoms with E-state index in [1.165, 1.54) is 10.5 Å². The summed E-state index contributed by atoms with van der Waals surface area (Å²) in [4.78, 5) is 44.6. The van der Waals surface area contributed by atoms with Crippen molar-refractivity contribution in [2.75, 3.05) is 33.3 Å². The van der Waals surface area contributed by atoms with Crippen LogP contribution in [-0.2, 0) is 11.3 Å². The molecule has 1 atom stereocenters. The van der Waals surface area contributed by atoms with Crippen molar-refractivity contribution in [1.82, 2.24) is 14.7 Å². The van der Waals surface area contributed by atoms with Gasteiger partial charge in [0.1, 0.15) is 11.8 Å². The topological polar surface area (TPSA) is 70.2 Å². The van der Waals surface area contributed by atoms with Crippen LogP contribution < -0.4 is 4.74 Å². The zero-order valence-electron chi connectivity index (χ0n) is 18.8. The van der Waals surface area contributed by atoms with Gasteiger partial charge in [0.2, 0.25) is 5.91 Å². The number of methoxy groups -OCH3 is 1. The number of hydrogen-bond donors (Lipinski definition) is 0. The van der Waals surface area contributed by atoms with E-state index in [9.17, 15) is 14.4 Å². The zero-order valence-corrected chi connectivity index (χ0v) is 18.8. The molecule has 0 aromatic heterocycles. The van der Waals surface area contributed by atoms with Gasteiger partial charge >= 0.3 is 0 Å². The van der Waals surface area contributed by atoms with Crippen molar-refractivity contribution >= 4 is 17.7 Å². The maximum atomic E-state index is 13.5. The van der Waals surface area contributed by atoms with Gasteiger partial charge in [-0.3, -0.25) is 24.2 Å². The highest BCUT2D eigenvalue weighted by molar-refractivity contribution is 6.22. The Morgan fingerprint density at radius 1 is 0.906 bits per heavy atom. The van der Waals surface area contributed by atoms with Crippen molar-refractivity contribution in [3.63, 3.8) is 0 Å². The molecule has 0 spiro atoms. The fraction of sp³-hybridized carbons (Fsp3) is 0.400. The smallest absolute Gasteiger partial charge is 0.262 e. The molecule has 168 valence electrons. The number of benzene rings is 2. The summed E-state index contributed by atoms with van der Waals surface area (Å²) in [7, 11) is 1.65. The molecule has 0 bridgehead atoms. The molecule has 1 fully saturated rings. The number of carbonyl (C=O) groups excluding carboxylic acids is 3. The van der Waals surface area contributed by atoms with E-state index in [4.69, 9.17) is 4.74 Å². The number of amides is 3. The number of ether oxygens (including phenoxy) is 1. The molecule has 2 aliphatic heterocycles. The number of imide groups is 1. The number of nitrogens with zero attached hydrogens (tertiary/aromatic N) is 3. The minimum absolute atomic E-state index is 0.154. The summed E-state index contributed by atoms with van der Waals surface area (Å²) < 4.78 is 5.21. The second-order valence-corrected chi connectivity index (χ2v) is 8.66. The van der Waals surface area contributed by atoms with E-state index in [2.05, 4.69) is 4.90 Å². The minimum Gasteiger partial charge on any atom is -0.497 e. The van der Waals surface area contributed by atoms with Gasteiger partial charge in [0, 0.05) is 32.7 Å². The van der Waals surface area contributed by atoms with Crippen LogP contribution in [0.15, 0.2) is 48.5 Å². The highest BCUT2D eigenvalue weighted by Crippen LogP contribution is 2.28. The van der Waals surface area contributed by atoms with E-state index < -0.39 is 6.04 Å². The summed E-state index contributed by atoms with van der Waals surface area (Å²) in [5.41, 5.74) is 1.94. The Morgan fingerprint density at radius 3 is 1.97 bits per heavy atom. The quantitative estimate of drug-likeness (QED) is 0.653. The van der Waals surface area contributed by atoms with Crippen molar-refractivity contribution in [2.24, 2.45) is 5.92 Å². The number of hydrogen-bond acceptors (Lipinski definition) is 5. The largest absolute Gasteiger partial charge is 0.497 e. The molecule has 2 aliphatic rings. The minimum atomic E-state index is -0.796. The molecular formula is C25H29N3O4. The Hall–Kier alpha value is -3.19. The fourth-order valence-electron chi connectivity index (χ4n) is 4.46. The van der Waals surface area contributed by atoms with Crippen molar-refractivity contribution in [1.29, 1.82) is 0 Å². The third-order valence-corrected chi connectivity index (χ3v) is 6.24. The first kappa shape index (κ1) is 22.0. The summed E-state index contributed by atoms with van der Waals surface area (Å²) in [6.45, 7) is 7.19. The molecule has 7 nitrogen and oxygen atoms in total. The van der Waals surface area contributed by atoms with Crippen molar-refractivity contribution < 1.29 is 19.1 Å². The van der Waals surface area contributed by atoms with E-state index in [1.54, 1.807) is 36.3 Å². The molecule has 0 radical (unpaired) electrons. The third-order valence-electron chi connectivity index (χ3n) is 6.24. The van der Waals surface area contributed by atoms with Crippen molar-refractivity contribution in [2.45, 2.75) is 26.4 Å². The van der Waals surface area contributed by atoms with E-state index >= 15 is 0 Å². The highest BCUT2D eigenvalue weighted by atomic mass is 16.5. The van der Waals surface area contributed by atoms with Crippen molar-refractivity contribution in [3.05, 3.63) is 65.2 Å². The SMILES string of the molecule is COc1ccc(CN2CCN(C(=O)C(C(C)C)N3C(=O)c4ccccc4C3=O)CC2)cc1. The molecule has 2 aromatic carbocycles. The van der Waals surface area contributed by atoms with Gasteiger partial charge in [-0.05, 0) is 35.7 Å². The van der Waals surface area contributed by atoms with Crippen LogP contribution in [0.2, 0.25) is 0 Å². The van der Waals surface area contributed by atoms with E-state index in [1.807, 2.05) is 38.1 Å². The van der Waals surface area contributed by atoms with Gasteiger partial charge in [-0.2, -0.15) is 0 Å². The lowest BCUT2D eigenvalue weighted by molar-refractivity contribution is -0.138. The predicted octanol–water partition coefficient (Wildman–Crippen LogP) is 2.66. The predicted molar refractivity (Wildman–Crippen MR) is 120 cm³/mol. The van der Waals surface area contributed by atoms with Crippen LogP contribution >= 0.6 is 0 Å². The first-order chi connectivity index (χ1) is 15.4. The molecule has 7 heteroatoms. The summed E-state index contributed by atoms with van der Waals surface area (Å²) in [6.07, 6.45) is 0. The van der Waals surface area contributed by atoms with E-state index in [-0.39, 0.29) is 23.6 Å². The molecule has 0 saturated carbocycles. The normalized spacial score (nSPS) is 17.6. The Kier molecular flexibility index (Phi) is 6.28. The fourth-order valence-corrected chi connectivity index (χ4v) is 4.46. The number of piperazine rings is 1. The Balaban J connectivity index is 1.42. The maximum absolute atomic E-state index is 13.5. The summed E-state index contributed by atoms with van der Waals surface area (Å²) >= 11 is 0. The van der Waals surface area contributed by atoms with Gasteiger partial charge in [-0.15, -0.1) is 0 Å². The summed E-state index contributed by atoms with van der Waals surface area (Å²) in [6, 6.07) is 14.0. The Labute approximate surface area is 188 Å². The van der Waals surface area contributed by atoms with Crippen LogP contribution in [0.5, 0.6) is 5.75 Å². The monoisotopic (exact) mass is 435 g/mol. The lowest BCUT2D eigenvalue weighted by atomic mass is 10.0. The molecule has 32 heavy (non-hydrogen) atoms. The average Bonchev–Trinajstić information content (AvgIpc) is 3.05. The first-order valence-electron chi connectivity index (χ1n) is 11.0. The lowest BCUT2D eigenvalue weighted by Gasteiger charge is -2.39. The third kappa shape index (κ3) is 4.12. The molecule has 1 saturated heterocycles. The van der Waals surface area contributed by atoms with Crippen molar-refractivity contribution in [3.8, 4) is 5.75 Å². The molecule has 3 amide bonds. The molecule has 0 aliphatic carbocycles. The van der Waals surface area contributed by atoms with Gasteiger partial charge < -0.3 is 9.64 Å². The van der Waals surface area contributed by atoms with Crippen LogP contribution in [0.25, 0.3) is 0 Å². The molecule has 0 N–H and O–H groups in total. The molecule has 2 aromatic rings. The van der Waals surface area contributed by atoms with Gasteiger partial charge in [0.15, 0.2) is 0 Å². The summed E-state index contributed by atoms with van der Waals surface area (Å²) in [5, 5.41) is 0. The molecular weight excluding hydrogens is 406 g/mol. The lowest BCUT2D eigenvalue weighted by Crippen LogP contribution is -2.57. The van der Waals surface area contributed by atoms with Gasteiger partial charge in [0.05, 0.1) is 18.2 Å². The standard InChI is InChI=1S/C25H29N3O4/c1-17(2)22(28-23(29)20-6-4-5-7-21(20)24(28)30)25(31)27-14-12-26(13-15-27)16-18-8-10-19(32-3)11-9-18/h4-11,17,22H,12-16H2,1-3H3. The van der Waals surface area contributed by atoms with Crippen LogP contribution in [0, 0.1) is 5.92 Å². The molecule has 2 heterocycles. The average molecular weight is 436 g/mol. The molecule has 4 rings (SSSR count). The number of rotatable bonds is 6. The van der Waals surface area contributed by atoms with Gasteiger partial charge in [0.25, 0.3) is 11.8 Å². The highest BCUT2D eigenvalue weighted by Gasteiger charge is 2.45. The zero-order chi connectivity index (χ0) is 22.8. The maximum Gasteiger partial charge on any atom is 0.262 e. The second kappa shape index (κ2) is 9.12. The van der Waals surface area contributed by atoms with Crippen LogP contribution in [0.3, 0.4) is 0 Å². The van der Waals surface area contributed by atoms with Crippen LogP contribution in [0.4, 0.5) is 0 Å². The van der Waals surface area contributed by atoms with Crippen LogP contribution in [-0.4, -0.2) is 71.8 Å². The second-order valence-electron chi connectivity index (χ2n) is 8.66. The number of fused-ring (bicyclic) bond motifs is 1. The first-order valence-corrected chi connectivity index (χ1v) is 11.0. The Bertz CT molecular complexity index is 975. The molecule has 1 unspecified atom stereocenters.